The first-order valence-corrected chi connectivity index (χ1v) is 13.5. The fourth-order valence-corrected chi connectivity index (χ4v) is 6.78. The van der Waals surface area contributed by atoms with Crippen molar-refractivity contribution >= 4 is 54.6 Å². The van der Waals surface area contributed by atoms with E-state index in [0.717, 1.165) is 21.8 Å². The molecule has 3 aromatic carbocycles. The molecule has 1 fully saturated rings. The van der Waals surface area contributed by atoms with Gasteiger partial charge in [-0.1, -0.05) is 18.2 Å². The van der Waals surface area contributed by atoms with Crippen molar-refractivity contribution in [1.82, 2.24) is 9.30 Å². The topological polar surface area (TPSA) is 127 Å². The van der Waals surface area contributed by atoms with E-state index in [1.54, 1.807) is 4.40 Å². The van der Waals surface area contributed by atoms with Gasteiger partial charge in [-0.15, -0.1) is 11.3 Å². The number of carboxylic acids is 1. The van der Waals surface area contributed by atoms with Crippen LogP contribution in [-0.4, -0.2) is 58.3 Å². The lowest BCUT2D eigenvalue weighted by Gasteiger charge is -2.36. The molecule has 7 rings (SSSR count). The van der Waals surface area contributed by atoms with Crippen LogP contribution in [0.25, 0.3) is 25.9 Å². The second kappa shape index (κ2) is 9.21. The second-order valence-electron chi connectivity index (χ2n) is 9.79. The molecule has 0 atom stereocenters. The van der Waals surface area contributed by atoms with Gasteiger partial charge < -0.3 is 19.5 Å². The molecule has 0 saturated carbocycles. The summed E-state index contributed by atoms with van der Waals surface area (Å²) in [7, 11) is 0. The molecule has 11 nitrogen and oxygen atoms in total. The molecule has 2 aliphatic heterocycles. The Morgan fingerprint density at radius 2 is 1.77 bits per heavy atom. The minimum absolute atomic E-state index is 0.122. The smallest absolute Gasteiger partial charge is 0.342 e. The highest BCUT2D eigenvalue weighted by molar-refractivity contribution is 7.24. The fourth-order valence-electron chi connectivity index (χ4n) is 5.59. The lowest BCUT2D eigenvalue weighted by Crippen LogP contribution is -2.46. The van der Waals surface area contributed by atoms with Gasteiger partial charge in [-0.2, -0.15) is 0 Å². The zero-order valence-corrected chi connectivity index (χ0v) is 21.8. The molecule has 1 N–H and O–H groups in total. The molecule has 0 bridgehead atoms. The fraction of sp³-hybridized carbons (Fsp3) is 0.214. The monoisotopic (exact) mass is 558 g/mol. The number of anilines is 1. The van der Waals surface area contributed by atoms with Gasteiger partial charge in [0.15, 0.2) is 11.5 Å². The Morgan fingerprint density at radius 3 is 2.55 bits per heavy atom. The number of thiazole rings is 1. The molecule has 0 amide bonds. The van der Waals surface area contributed by atoms with Gasteiger partial charge in [0, 0.05) is 44.2 Å². The van der Waals surface area contributed by atoms with Gasteiger partial charge in [-0.05, 0) is 35.9 Å². The molecule has 1 saturated heterocycles. The van der Waals surface area contributed by atoms with E-state index >= 15 is 0 Å². The molecule has 202 valence electrons. The number of pyridine rings is 1. The van der Waals surface area contributed by atoms with Gasteiger partial charge in [-0.3, -0.25) is 24.2 Å². The Hall–Kier alpha value is -4.68. The molecule has 4 heterocycles. The lowest BCUT2D eigenvalue weighted by atomic mass is 10.1. The number of nitrogens with zero attached hydrogens (tertiary/aromatic N) is 4. The number of benzene rings is 3. The number of para-hydroxylation sites is 1. The first kappa shape index (κ1) is 24.4. The van der Waals surface area contributed by atoms with Crippen LogP contribution in [-0.2, 0) is 6.54 Å². The molecular weight excluding hydrogens is 536 g/mol. The average Bonchev–Trinajstić information content (AvgIpc) is 3.57. The predicted octanol–water partition coefficient (Wildman–Crippen LogP) is 4.32. The van der Waals surface area contributed by atoms with E-state index in [1.165, 1.54) is 23.5 Å². The largest absolute Gasteiger partial charge is 0.477 e. The summed E-state index contributed by atoms with van der Waals surface area (Å²) in [5.41, 5.74) is 1.30. The maximum absolute atomic E-state index is 13.5. The standard InChI is InChI=1S/C28H22N4O7S/c33-26-17-12-20(30-9-7-29(8-10-30)14-16-5-6-22-23(11-16)39-15-38-22)21(32(36)37)13-19(17)31-18-3-1-2-4-24(18)40-27(31)25(26)28(34)35/h1-6,11-13H,7-10,14-15H2,(H,34,35). The molecule has 12 heteroatoms. The van der Waals surface area contributed by atoms with E-state index in [9.17, 15) is 24.8 Å². The van der Waals surface area contributed by atoms with Crippen LogP contribution in [0.2, 0.25) is 0 Å². The van der Waals surface area contributed by atoms with Crippen LogP contribution in [0.15, 0.2) is 59.4 Å². The average molecular weight is 559 g/mol. The highest BCUT2D eigenvalue weighted by atomic mass is 32.1. The zero-order valence-electron chi connectivity index (χ0n) is 21.0. The number of aromatic nitrogens is 1. The number of hydrogen-bond acceptors (Lipinski definition) is 9. The van der Waals surface area contributed by atoms with Crippen molar-refractivity contribution in [2.24, 2.45) is 0 Å². The number of hydrogen-bond donors (Lipinski definition) is 1. The molecular formula is C28H22N4O7S. The number of carbonyl (C=O) groups is 1. The first-order valence-electron chi connectivity index (χ1n) is 12.7. The SMILES string of the molecule is O=C(O)c1c(=O)c2cc(N3CCN(Cc4ccc5c(c4)OCO5)CC3)c([N+](=O)[O-])cc2n2c1sc1ccccc12. The van der Waals surface area contributed by atoms with Crippen LogP contribution >= 0.6 is 11.3 Å². The molecule has 0 radical (unpaired) electrons. The first-order chi connectivity index (χ1) is 19.4. The summed E-state index contributed by atoms with van der Waals surface area (Å²) in [5, 5.41) is 22.4. The molecule has 0 aliphatic carbocycles. The van der Waals surface area contributed by atoms with Crippen molar-refractivity contribution in [3.05, 3.63) is 86.1 Å². The summed E-state index contributed by atoms with van der Waals surface area (Å²) < 4.78 is 13.3. The van der Waals surface area contributed by atoms with E-state index in [1.807, 2.05) is 47.4 Å². The van der Waals surface area contributed by atoms with Gasteiger partial charge in [0.1, 0.15) is 16.1 Å². The zero-order chi connectivity index (χ0) is 27.5. The predicted molar refractivity (Wildman–Crippen MR) is 150 cm³/mol. The summed E-state index contributed by atoms with van der Waals surface area (Å²) in [6.07, 6.45) is 0. The van der Waals surface area contributed by atoms with Crippen LogP contribution in [0.1, 0.15) is 15.9 Å². The van der Waals surface area contributed by atoms with Crippen LogP contribution in [0, 0.1) is 10.1 Å². The number of fused-ring (bicyclic) bond motifs is 6. The normalized spacial score (nSPS) is 15.3. The van der Waals surface area contributed by atoms with Crippen LogP contribution in [0.3, 0.4) is 0 Å². The van der Waals surface area contributed by atoms with Crippen molar-refractivity contribution in [1.29, 1.82) is 0 Å². The van der Waals surface area contributed by atoms with E-state index in [2.05, 4.69) is 4.90 Å². The Balaban J connectivity index is 1.27. The number of ether oxygens (including phenoxy) is 2. The third kappa shape index (κ3) is 3.83. The molecule has 2 aliphatic rings. The lowest BCUT2D eigenvalue weighted by molar-refractivity contribution is -0.384. The third-order valence-corrected chi connectivity index (χ3v) is 8.65. The Morgan fingerprint density at radius 1 is 1.00 bits per heavy atom. The summed E-state index contributed by atoms with van der Waals surface area (Å²) in [6.45, 7) is 3.22. The van der Waals surface area contributed by atoms with Crippen molar-refractivity contribution < 1.29 is 24.3 Å². The van der Waals surface area contributed by atoms with Crippen molar-refractivity contribution in [2.45, 2.75) is 6.54 Å². The Labute approximate surface area is 230 Å². The third-order valence-electron chi connectivity index (χ3n) is 7.50. The number of nitro groups is 1. The van der Waals surface area contributed by atoms with Gasteiger partial charge in [0.25, 0.3) is 5.69 Å². The minimum Gasteiger partial charge on any atom is -0.477 e. The van der Waals surface area contributed by atoms with Crippen LogP contribution < -0.4 is 19.8 Å². The minimum atomic E-state index is -1.33. The molecule has 40 heavy (non-hydrogen) atoms. The summed E-state index contributed by atoms with van der Waals surface area (Å²) >= 11 is 1.18. The number of nitro benzene ring substituents is 1. The van der Waals surface area contributed by atoms with E-state index in [0.29, 0.717) is 49.4 Å². The van der Waals surface area contributed by atoms with E-state index in [4.69, 9.17) is 9.47 Å². The van der Waals surface area contributed by atoms with Gasteiger partial charge >= 0.3 is 5.97 Å². The van der Waals surface area contributed by atoms with Crippen LogP contribution in [0.4, 0.5) is 11.4 Å². The van der Waals surface area contributed by atoms with Gasteiger partial charge in [0.2, 0.25) is 12.2 Å². The summed E-state index contributed by atoms with van der Waals surface area (Å²) in [5.74, 6) is 0.127. The molecule has 2 aromatic heterocycles. The van der Waals surface area contributed by atoms with Crippen molar-refractivity contribution in [3.63, 3.8) is 0 Å². The quantitative estimate of drug-likeness (QED) is 0.248. The summed E-state index contributed by atoms with van der Waals surface area (Å²) in [4.78, 5) is 42.0. The van der Waals surface area contributed by atoms with E-state index < -0.39 is 16.3 Å². The van der Waals surface area contributed by atoms with Crippen molar-refractivity contribution in [3.8, 4) is 11.5 Å². The summed E-state index contributed by atoms with van der Waals surface area (Å²) in [6, 6.07) is 16.0. The maximum atomic E-state index is 13.5. The Bertz CT molecular complexity index is 1920. The van der Waals surface area contributed by atoms with Crippen LogP contribution in [0.5, 0.6) is 11.5 Å². The second-order valence-corrected chi connectivity index (χ2v) is 10.8. The molecule has 0 unspecified atom stereocenters. The maximum Gasteiger partial charge on any atom is 0.342 e. The number of carboxylic acid groups (broad SMARTS) is 1. The number of aromatic carboxylic acids is 1. The highest BCUT2D eigenvalue weighted by Gasteiger charge is 2.29. The number of piperazine rings is 1. The van der Waals surface area contributed by atoms with Gasteiger partial charge in [0.05, 0.1) is 20.7 Å². The van der Waals surface area contributed by atoms with Crippen molar-refractivity contribution in [2.75, 3.05) is 37.9 Å². The molecule has 0 spiro atoms. The number of rotatable bonds is 5. The van der Waals surface area contributed by atoms with Gasteiger partial charge in [-0.25, -0.2) is 4.79 Å². The van der Waals surface area contributed by atoms with E-state index in [-0.39, 0.29) is 28.3 Å². The Kier molecular flexibility index (Phi) is 5.61. The highest BCUT2D eigenvalue weighted by Crippen LogP contribution is 2.37. The molecule has 5 aromatic rings.